The molecule has 0 aromatic carbocycles. The van der Waals surface area contributed by atoms with E-state index in [1.807, 2.05) is 25.6 Å². The molecule has 0 aliphatic heterocycles. The predicted molar refractivity (Wildman–Crippen MR) is 77.9 cm³/mol. The van der Waals surface area contributed by atoms with Crippen molar-refractivity contribution in [3.05, 3.63) is 17.0 Å². The minimum Gasteiger partial charge on any atom is -0.481 e. The van der Waals surface area contributed by atoms with Gasteiger partial charge in [0.15, 0.2) is 0 Å². The summed E-state index contributed by atoms with van der Waals surface area (Å²) in [5.74, 6) is -1.32. The summed E-state index contributed by atoms with van der Waals surface area (Å²) in [5.41, 5.74) is 3.13. The Kier molecular flexibility index (Phi) is 4.65. The van der Waals surface area contributed by atoms with Gasteiger partial charge in [0.2, 0.25) is 5.91 Å². The highest BCUT2D eigenvalue weighted by molar-refractivity contribution is 5.78. The van der Waals surface area contributed by atoms with Crippen LogP contribution in [0.2, 0.25) is 0 Å². The second-order valence-corrected chi connectivity index (χ2v) is 5.82. The van der Waals surface area contributed by atoms with Crippen LogP contribution in [-0.4, -0.2) is 32.8 Å². The number of carbonyl (C=O) groups excluding carboxylic acids is 1. The molecule has 6 heteroatoms. The molecule has 1 aliphatic carbocycles. The Labute approximate surface area is 124 Å². The van der Waals surface area contributed by atoms with Gasteiger partial charge in [-0.2, -0.15) is 5.10 Å². The maximum absolute atomic E-state index is 12.0. The molecule has 2 rings (SSSR count). The number of hydrogen-bond acceptors (Lipinski definition) is 3. The lowest BCUT2D eigenvalue weighted by Gasteiger charge is -2.17. The number of rotatable bonds is 5. The van der Waals surface area contributed by atoms with Crippen molar-refractivity contribution in [2.45, 2.75) is 52.0 Å². The van der Waals surface area contributed by atoms with Crippen LogP contribution in [0.15, 0.2) is 0 Å². The summed E-state index contributed by atoms with van der Waals surface area (Å²) in [4.78, 5) is 23.1. The molecule has 0 spiro atoms. The number of hydrogen-bond donors (Lipinski definition) is 2. The smallest absolute Gasteiger partial charge is 0.308 e. The molecule has 0 saturated heterocycles. The zero-order valence-electron chi connectivity index (χ0n) is 12.8. The minimum absolute atomic E-state index is 0.0733. The van der Waals surface area contributed by atoms with E-state index in [9.17, 15) is 9.59 Å². The molecule has 2 N–H and O–H groups in total. The van der Waals surface area contributed by atoms with Crippen LogP contribution in [0.5, 0.6) is 0 Å². The van der Waals surface area contributed by atoms with E-state index in [2.05, 4.69) is 10.4 Å². The van der Waals surface area contributed by atoms with E-state index in [1.165, 1.54) is 0 Å². The van der Waals surface area contributed by atoms with Gasteiger partial charge in [0.25, 0.3) is 0 Å². The number of aliphatic carboxylic acids is 1. The average molecular weight is 293 g/mol. The third-order valence-electron chi connectivity index (χ3n) is 4.44. The van der Waals surface area contributed by atoms with E-state index in [0.717, 1.165) is 29.8 Å². The zero-order valence-corrected chi connectivity index (χ0v) is 12.8. The van der Waals surface area contributed by atoms with Crippen LogP contribution < -0.4 is 5.32 Å². The third kappa shape index (κ3) is 3.43. The summed E-state index contributed by atoms with van der Waals surface area (Å²) >= 11 is 0. The summed E-state index contributed by atoms with van der Waals surface area (Å²) in [7, 11) is 1.89. The fraction of sp³-hybridized carbons (Fsp3) is 0.667. The van der Waals surface area contributed by atoms with E-state index in [0.29, 0.717) is 19.3 Å². The lowest BCUT2D eigenvalue weighted by atomic mass is 10.0. The SMILES string of the molecule is Cc1nn(C)c(C)c1CCC(=O)NC1CCCC1C(=O)O. The van der Waals surface area contributed by atoms with Gasteiger partial charge in [-0.25, -0.2) is 0 Å². The van der Waals surface area contributed by atoms with Gasteiger partial charge < -0.3 is 10.4 Å². The standard InChI is InChI=1S/C15H23N3O3/c1-9-11(10(2)18(3)17-9)7-8-14(19)16-13-6-4-5-12(13)15(20)21/h12-13H,4-8H2,1-3H3,(H,16,19)(H,20,21). The monoisotopic (exact) mass is 293 g/mol. The van der Waals surface area contributed by atoms with Crippen LogP contribution in [-0.2, 0) is 23.1 Å². The Hall–Kier alpha value is -1.85. The van der Waals surface area contributed by atoms with E-state index < -0.39 is 11.9 Å². The first-order valence-electron chi connectivity index (χ1n) is 7.41. The fourth-order valence-corrected chi connectivity index (χ4v) is 3.13. The second-order valence-electron chi connectivity index (χ2n) is 5.82. The first kappa shape index (κ1) is 15.5. The third-order valence-corrected chi connectivity index (χ3v) is 4.44. The van der Waals surface area contributed by atoms with E-state index in [4.69, 9.17) is 5.11 Å². The highest BCUT2D eigenvalue weighted by atomic mass is 16.4. The number of aromatic nitrogens is 2. The number of aryl methyl sites for hydroxylation is 2. The van der Waals surface area contributed by atoms with E-state index in [-0.39, 0.29) is 11.9 Å². The largest absolute Gasteiger partial charge is 0.481 e. The zero-order chi connectivity index (χ0) is 15.6. The van der Waals surface area contributed by atoms with Gasteiger partial charge >= 0.3 is 5.97 Å². The molecule has 1 amide bonds. The van der Waals surface area contributed by atoms with Crippen molar-refractivity contribution >= 4 is 11.9 Å². The van der Waals surface area contributed by atoms with Crippen molar-refractivity contribution in [2.75, 3.05) is 0 Å². The van der Waals surface area contributed by atoms with Crippen LogP contribution >= 0.6 is 0 Å². The molecule has 1 aromatic rings. The van der Waals surface area contributed by atoms with Crippen molar-refractivity contribution < 1.29 is 14.7 Å². The van der Waals surface area contributed by atoms with Gasteiger partial charge in [-0.1, -0.05) is 6.42 Å². The van der Waals surface area contributed by atoms with Crippen molar-refractivity contribution in [1.82, 2.24) is 15.1 Å². The van der Waals surface area contributed by atoms with Gasteiger partial charge in [0.1, 0.15) is 0 Å². The van der Waals surface area contributed by atoms with Crippen LogP contribution in [0.4, 0.5) is 0 Å². The summed E-state index contributed by atoms with van der Waals surface area (Å²) in [5, 5.41) is 16.3. The van der Waals surface area contributed by atoms with Gasteiger partial charge in [0.05, 0.1) is 11.6 Å². The van der Waals surface area contributed by atoms with E-state index in [1.54, 1.807) is 0 Å². The van der Waals surface area contributed by atoms with Gasteiger partial charge in [-0.05, 0) is 38.7 Å². The highest BCUT2D eigenvalue weighted by Gasteiger charge is 2.33. The summed E-state index contributed by atoms with van der Waals surface area (Å²) in [6.45, 7) is 3.93. The van der Waals surface area contributed by atoms with Gasteiger partial charge in [-0.3, -0.25) is 14.3 Å². The van der Waals surface area contributed by atoms with Crippen LogP contribution in [0.3, 0.4) is 0 Å². The Balaban J connectivity index is 1.89. The molecule has 21 heavy (non-hydrogen) atoms. The Morgan fingerprint density at radius 2 is 2.10 bits per heavy atom. The lowest BCUT2D eigenvalue weighted by molar-refractivity contribution is -0.142. The molecule has 0 bridgehead atoms. The summed E-state index contributed by atoms with van der Waals surface area (Å²) < 4.78 is 1.82. The number of carbonyl (C=O) groups is 2. The quantitative estimate of drug-likeness (QED) is 0.858. The molecule has 1 aliphatic rings. The molecule has 1 fully saturated rings. The molecule has 2 unspecified atom stereocenters. The minimum atomic E-state index is -0.809. The molecule has 116 valence electrons. The van der Waals surface area contributed by atoms with Crippen LogP contribution in [0.1, 0.15) is 42.6 Å². The van der Waals surface area contributed by atoms with Crippen molar-refractivity contribution in [1.29, 1.82) is 0 Å². The van der Waals surface area contributed by atoms with E-state index >= 15 is 0 Å². The maximum atomic E-state index is 12.0. The Morgan fingerprint density at radius 3 is 2.67 bits per heavy atom. The topological polar surface area (TPSA) is 84.2 Å². The number of carboxylic acid groups (broad SMARTS) is 1. The van der Waals surface area contributed by atoms with Crippen LogP contribution in [0.25, 0.3) is 0 Å². The molecule has 1 heterocycles. The maximum Gasteiger partial charge on any atom is 0.308 e. The average Bonchev–Trinajstić information content (AvgIpc) is 2.94. The van der Waals surface area contributed by atoms with Crippen LogP contribution in [0, 0.1) is 19.8 Å². The van der Waals surface area contributed by atoms with Gasteiger partial charge in [0, 0.05) is 25.2 Å². The second kappa shape index (κ2) is 6.28. The molecule has 0 radical (unpaired) electrons. The molecular weight excluding hydrogens is 270 g/mol. The van der Waals surface area contributed by atoms with Crippen molar-refractivity contribution in [3.8, 4) is 0 Å². The lowest BCUT2D eigenvalue weighted by Crippen LogP contribution is -2.40. The number of carboxylic acids is 1. The highest BCUT2D eigenvalue weighted by Crippen LogP contribution is 2.26. The fourth-order valence-electron chi connectivity index (χ4n) is 3.13. The van der Waals surface area contributed by atoms with Crippen molar-refractivity contribution in [2.24, 2.45) is 13.0 Å². The normalized spacial score (nSPS) is 21.5. The first-order chi connectivity index (χ1) is 9.90. The first-order valence-corrected chi connectivity index (χ1v) is 7.41. The Morgan fingerprint density at radius 1 is 1.38 bits per heavy atom. The number of nitrogens with zero attached hydrogens (tertiary/aromatic N) is 2. The van der Waals surface area contributed by atoms with Gasteiger partial charge in [-0.15, -0.1) is 0 Å². The molecule has 6 nitrogen and oxygen atoms in total. The van der Waals surface area contributed by atoms with Crippen molar-refractivity contribution in [3.63, 3.8) is 0 Å². The Bertz CT molecular complexity index is 551. The number of nitrogens with one attached hydrogen (secondary N) is 1. The number of amides is 1. The molecular formula is C15H23N3O3. The molecule has 1 aromatic heterocycles. The predicted octanol–water partition coefficient (Wildman–Crippen LogP) is 1.34. The summed E-state index contributed by atoms with van der Waals surface area (Å²) in [6.07, 6.45) is 3.29. The summed E-state index contributed by atoms with van der Waals surface area (Å²) in [6, 6.07) is -0.217. The molecule has 1 saturated carbocycles. The molecule has 2 atom stereocenters.